The fraction of sp³-hybridized carbons (Fsp3) is 0.769. The zero-order chi connectivity index (χ0) is 12.5. The Morgan fingerprint density at radius 1 is 1.50 bits per heavy atom. The van der Waals surface area contributed by atoms with Crippen LogP contribution in [0, 0.1) is 0 Å². The van der Waals surface area contributed by atoms with E-state index in [0.717, 1.165) is 12.4 Å². The molecule has 0 saturated carbocycles. The molecule has 0 fully saturated rings. The Labute approximate surface area is 98.9 Å². The molecule has 3 heteroatoms. The highest BCUT2D eigenvalue weighted by molar-refractivity contribution is 5.90. The standard InChI is InChI=1S/C13H24N2O/c1-9(2)15-8-7-10(3)11(4)14-12(15)13(5,6)16/h7,9,11,16H,8H2,1-6H3/t11-/m0/s1. The highest BCUT2D eigenvalue weighted by atomic mass is 16.3. The van der Waals surface area contributed by atoms with E-state index >= 15 is 0 Å². The number of hydrogen-bond donors (Lipinski definition) is 1. The molecule has 1 aliphatic rings. The van der Waals surface area contributed by atoms with Crippen LogP contribution in [0.3, 0.4) is 0 Å². The van der Waals surface area contributed by atoms with Crippen LogP contribution in [-0.4, -0.2) is 40.1 Å². The van der Waals surface area contributed by atoms with Crippen LogP contribution >= 0.6 is 0 Å². The average molecular weight is 224 g/mol. The molecule has 1 aliphatic heterocycles. The lowest BCUT2D eigenvalue weighted by atomic mass is 10.1. The second-order valence-corrected chi connectivity index (χ2v) is 5.38. The third-order valence-corrected chi connectivity index (χ3v) is 3.03. The van der Waals surface area contributed by atoms with Gasteiger partial charge in [-0.05, 0) is 41.5 Å². The molecule has 0 saturated heterocycles. The Morgan fingerprint density at radius 3 is 2.50 bits per heavy atom. The molecule has 16 heavy (non-hydrogen) atoms. The number of amidine groups is 1. The van der Waals surface area contributed by atoms with Gasteiger partial charge >= 0.3 is 0 Å². The van der Waals surface area contributed by atoms with Gasteiger partial charge in [0, 0.05) is 12.6 Å². The summed E-state index contributed by atoms with van der Waals surface area (Å²) in [5.41, 5.74) is 0.390. The zero-order valence-corrected chi connectivity index (χ0v) is 11.3. The van der Waals surface area contributed by atoms with Crippen molar-refractivity contribution in [3.05, 3.63) is 11.6 Å². The van der Waals surface area contributed by atoms with Gasteiger partial charge in [0.25, 0.3) is 0 Å². The van der Waals surface area contributed by atoms with Crippen LogP contribution in [-0.2, 0) is 0 Å². The van der Waals surface area contributed by atoms with Gasteiger partial charge in [-0.3, -0.25) is 4.99 Å². The highest BCUT2D eigenvalue weighted by Gasteiger charge is 2.30. The van der Waals surface area contributed by atoms with E-state index in [1.54, 1.807) is 13.8 Å². The first kappa shape index (κ1) is 13.2. The topological polar surface area (TPSA) is 35.8 Å². The molecule has 0 radical (unpaired) electrons. The average Bonchev–Trinajstić information content (AvgIpc) is 2.26. The first-order valence-electron chi connectivity index (χ1n) is 5.97. The number of aliphatic hydroxyl groups is 1. The van der Waals surface area contributed by atoms with E-state index in [-0.39, 0.29) is 6.04 Å². The van der Waals surface area contributed by atoms with Gasteiger partial charge in [-0.1, -0.05) is 11.6 Å². The van der Waals surface area contributed by atoms with Crippen molar-refractivity contribution in [3.63, 3.8) is 0 Å². The lowest BCUT2D eigenvalue weighted by Crippen LogP contribution is -2.48. The van der Waals surface area contributed by atoms with E-state index in [4.69, 9.17) is 0 Å². The largest absolute Gasteiger partial charge is 0.383 e. The molecule has 0 bridgehead atoms. The monoisotopic (exact) mass is 224 g/mol. The van der Waals surface area contributed by atoms with Gasteiger partial charge in [0.05, 0.1) is 6.04 Å². The minimum atomic E-state index is -0.878. The minimum absolute atomic E-state index is 0.158. The Bertz CT molecular complexity index is 310. The zero-order valence-electron chi connectivity index (χ0n) is 11.3. The van der Waals surface area contributed by atoms with Gasteiger partial charge in [0.15, 0.2) is 0 Å². The Morgan fingerprint density at radius 2 is 2.06 bits per heavy atom. The van der Waals surface area contributed by atoms with Crippen LogP contribution in [0.25, 0.3) is 0 Å². The van der Waals surface area contributed by atoms with E-state index in [1.165, 1.54) is 5.57 Å². The normalized spacial score (nSPS) is 23.0. The molecule has 1 atom stereocenters. The minimum Gasteiger partial charge on any atom is -0.383 e. The van der Waals surface area contributed by atoms with Crippen LogP contribution in [0.1, 0.15) is 41.5 Å². The van der Waals surface area contributed by atoms with Gasteiger partial charge in [-0.2, -0.15) is 0 Å². The molecule has 0 spiro atoms. The summed E-state index contributed by atoms with van der Waals surface area (Å²) in [5.74, 6) is 0.795. The van der Waals surface area contributed by atoms with Crippen molar-refractivity contribution in [2.75, 3.05) is 6.54 Å². The molecule has 0 aromatic heterocycles. The summed E-state index contributed by atoms with van der Waals surface area (Å²) >= 11 is 0. The molecule has 1 rings (SSSR count). The van der Waals surface area contributed by atoms with Gasteiger partial charge < -0.3 is 10.0 Å². The lowest BCUT2D eigenvalue weighted by Gasteiger charge is -2.34. The first-order chi connectivity index (χ1) is 7.23. The maximum Gasteiger partial charge on any atom is 0.132 e. The quantitative estimate of drug-likeness (QED) is 0.730. The maximum atomic E-state index is 10.2. The van der Waals surface area contributed by atoms with Crippen molar-refractivity contribution < 1.29 is 5.11 Å². The Hall–Kier alpha value is -0.830. The summed E-state index contributed by atoms with van der Waals surface area (Å²) < 4.78 is 0. The summed E-state index contributed by atoms with van der Waals surface area (Å²) in [4.78, 5) is 6.81. The number of rotatable bonds is 2. The predicted molar refractivity (Wildman–Crippen MR) is 68.8 cm³/mol. The highest BCUT2D eigenvalue weighted by Crippen LogP contribution is 2.19. The smallest absolute Gasteiger partial charge is 0.132 e. The maximum absolute atomic E-state index is 10.2. The third kappa shape index (κ3) is 2.85. The summed E-state index contributed by atoms with van der Waals surface area (Å²) in [6, 6.07) is 0.504. The Balaban J connectivity index is 3.13. The van der Waals surface area contributed by atoms with Crippen LogP contribution in [0.4, 0.5) is 0 Å². The van der Waals surface area contributed by atoms with Gasteiger partial charge in [-0.15, -0.1) is 0 Å². The van der Waals surface area contributed by atoms with E-state index in [0.29, 0.717) is 6.04 Å². The lowest BCUT2D eigenvalue weighted by molar-refractivity contribution is 0.132. The van der Waals surface area contributed by atoms with E-state index < -0.39 is 5.60 Å². The van der Waals surface area contributed by atoms with Crippen LogP contribution < -0.4 is 0 Å². The molecule has 0 aromatic rings. The van der Waals surface area contributed by atoms with Crippen LogP contribution in [0.5, 0.6) is 0 Å². The molecular formula is C13H24N2O. The van der Waals surface area contributed by atoms with Crippen molar-refractivity contribution in [2.24, 2.45) is 4.99 Å². The van der Waals surface area contributed by atoms with Crippen molar-refractivity contribution in [2.45, 2.75) is 59.2 Å². The fourth-order valence-corrected chi connectivity index (χ4v) is 1.82. The van der Waals surface area contributed by atoms with Gasteiger partial charge in [0.2, 0.25) is 0 Å². The van der Waals surface area contributed by atoms with Crippen molar-refractivity contribution >= 4 is 5.84 Å². The van der Waals surface area contributed by atoms with Crippen LogP contribution in [0.2, 0.25) is 0 Å². The predicted octanol–water partition coefficient (Wildman–Crippen LogP) is 2.21. The summed E-state index contributed by atoms with van der Waals surface area (Å²) in [6.07, 6.45) is 2.20. The van der Waals surface area contributed by atoms with E-state index in [9.17, 15) is 5.11 Å². The third-order valence-electron chi connectivity index (χ3n) is 3.03. The van der Waals surface area contributed by atoms with Crippen LogP contribution in [0.15, 0.2) is 16.6 Å². The van der Waals surface area contributed by atoms with Gasteiger partial charge in [0.1, 0.15) is 11.4 Å². The summed E-state index contributed by atoms with van der Waals surface area (Å²) in [6.45, 7) is 12.8. The first-order valence-corrected chi connectivity index (χ1v) is 5.97. The van der Waals surface area contributed by atoms with Crippen molar-refractivity contribution in [3.8, 4) is 0 Å². The number of nitrogens with zero attached hydrogens (tertiary/aromatic N) is 2. The SMILES string of the molecule is CC1=CCN(C(C)C)C(C(C)(C)O)=N[C@H]1C. The van der Waals surface area contributed by atoms with Gasteiger partial charge in [-0.25, -0.2) is 0 Å². The summed E-state index contributed by atoms with van der Waals surface area (Å²) in [7, 11) is 0. The number of aliphatic imine (C=N–C) groups is 1. The second-order valence-electron chi connectivity index (χ2n) is 5.38. The molecule has 1 N–H and O–H groups in total. The second kappa shape index (κ2) is 4.58. The van der Waals surface area contributed by atoms with Crippen molar-refractivity contribution in [1.82, 2.24) is 4.90 Å². The van der Waals surface area contributed by atoms with Crippen molar-refractivity contribution in [1.29, 1.82) is 0 Å². The summed E-state index contributed by atoms with van der Waals surface area (Å²) in [5, 5.41) is 10.2. The molecule has 0 amide bonds. The Kier molecular flexibility index (Phi) is 3.79. The number of hydrogen-bond acceptors (Lipinski definition) is 3. The molecule has 1 heterocycles. The molecular weight excluding hydrogens is 200 g/mol. The van der Waals surface area contributed by atoms with E-state index in [1.807, 2.05) is 0 Å². The van der Waals surface area contributed by atoms with E-state index in [2.05, 4.69) is 43.7 Å². The fourth-order valence-electron chi connectivity index (χ4n) is 1.82. The molecule has 0 aliphatic carbocycles. The molecule has 3 nitrogen and oxygen atoms in total. The molecule has 0 aromatic carbocycles. The molecule has 0 unspecified atom stereocenters. The molecule has 92 valence electrons.